The van der Waals surface area contributed by atoms with Crippen molar-refractivity contribution in [2.45, 2.75) is 38.5 Å². The van der Waals surface area contributed by atoms with E-state index < -0.39 is 5.82 Å². The summed E-state index contributed by atoms with van der Waals surface area (Å²) in [5, 5.41) is 9.15. The van der Waals surface area contributed by atoms with E-state index in [4.69, 9.17) is 15.0 Å². The van der Waals surface area contributed by atoms with Crippen LogP contribution in [0.2, 0.25) is 0 Å². The maximum absolute atomic E-state index is 14.5. The molecule has 3 aromatic rings. The number of ether oxygens (including phenoxy) is 1. The Morgan fingerprint density at radius 2 is 1.81 bits per heavy atom. The average molecular weight is 432 g/mol. The van der Waals surface area contributed by atoms with Crippen molar-refractivity contribution in [2.24, 2.45) is 13.0 Å². The minimum atomic E-state index is -0.538. The lowest BCUT2D eigenvalue weighted by molar-refractivity contribution is 0.347. The van der Waals surface area contributed by atoms with Crippen LogP contribution < -0.4 is 10.3 Å². The van der Waals surface area contributed by atoms with Crippen molar-refractivity contribution in [1.29, 1.82) is 5.26 Å². The van der Waals surface area contributed by atoms with Crippen molar-refractivity contribution in [3.8, 4) is 34.2 Å². The van der Waals surface area contributed by atoms with Crippen molar-refractivity contribution in [1.82, 2.24) is 9.55 Å². The molecule has 32 heavy (non-hydrogen) atoms. The van der Waals surface area contributed by atoms with Gasteiger partial charge in [0, 0.05) is 19.0 Å². The lowest BCUT2D eigenvalue weighted by Crippen LogP contribution is -2.27. The van der Waals surface area contributed by atoms with Crippen molar-refractivity contribution >= 4 is 0 Å². The number of benzene rings is 2. The van der Waals surface area contributed by atoms with Gasteiger partial charge in [0.25, 0.3) is 5.56 Å². The normalized spacial score (nSPS) is 14.2. The number of aromatic nitrogens is 2. The van der Waals surface area contributed by atoms with Crippen LogP contribution in [-0.2, 0) is 13.5 Å². The molecule has 5 nitrogen and oxygen atoms in total. The summed E-state index contributed by atoms with van der Waals surface area (Å²) in [6.07, 6.45) is 6.73. The summed E-state index contributed by atoms with van der Waals surface area (Å²) in [7, 11) is 3.14. The highest BCUT2D eigenvalue weighted by atomic mass is 19.1. The highest BCUT2D eigenvalue weighted by molar-refractivity contribution is 5.80. The summed E-state index contributed by atoms with van der Waals surface area (Å²) in [5.41, 5.74) is 2.32. The van der Waals surface area contributed by atoms with Gasteiger partial charge in [-0.2, -0.15) is 5.26 Å². The van der Waals surface area contributed by atoms with Crippen molar-refractivity contribution in [3.63, 3.8) is 0 Å². The Hall–Kier alpha value is -3.46. The smallest absolute Gasteiger partial charge is 0.261 e. The zero-order valence-corrected chi connectivity index (χ0v) is 18.4. The number of hydrogen-bond acceptors (Lipinski definition) is 4. The van der Waals surface area contributed by atoms with Crippen LogP contribution in [0.5, 0.6) is 5.75 Å². The standard InChI is InChI=1S/C26H26FN3O2/c1-30-23(14-17-6-4-3-5-7-17)29-25(19-10-8-18(16-28)9-11-19)24(26(30)31)20-12-13-22(32-2)21(27)15-20/h8-13,15,17H,3-7,14H2,1-2H3. The molecule has 1 fully saturated rings. The summed E-state index contributed by atoms with van der Waals surface area (Å²) in [4.78, 5) is 18.5. The first-order valence-corrected chi connectivity index (χ1v) is 11.0. The topological polar surface area (TPSA) is 67.9 Å². The molecule has 0 saturated heterocycles. The average Bonchev–Trinajstić information content (AvgIpc) is 2.82. The van der Waals surface area contributed by atoms with Gasteiger partial charge >= 0.3 is 0 Å². The Balaban J connectivity index is 1.89. The molecule has 0 atom stereocenters. The minimum absolute atomic E-state index is 0.118. The van der Waals surface area contributed by atoms with Gasteiger partial charge < -0.3 is 4.74 Å². The van der Waals surface area contributed by atoms with Crippen LogP contribution in [0.15, 0.2) is 47.3 Å². The van der Waals surface area contributed by atoms with Gasteiger partial charge in [-0.3, -0.25) is 9.36 Å². The van der Waals surface area contributed by atoms with Crippen LogP contribution in [0.1, 0.15) is 43.5 Å². The fraction of sp³-hybridized carbons (Fsp3) is 0.346. The largest absolute Gasteiger partial charge is 0.494 e. The van der Waals surface area contributed by atoms with Gasteiger partial charge in [0.15, 0.2) is 11.6 Å². The lowest BCUT2D eigenvalue weighted by Gasteiger charge is -2.23. The van der Waals surface area contributed by atoms with Crippen molar-refractivity contribution in [3.05, 3.63) is 70.0 Å². The molecule has 0 unspecified atom stereocenters. The van der Waals surface area contributed by atoms with Crippen LogP contribution in [0.4, 0.5) is 4.39 Å². The Morgan fingerprint density at radius 1 is 1.12 bits per heavy atom. The van der Waals surface area contributed by atoms with Gasteiger partial charge in [-0.1, -0.05) is 50.3 Å². The van der Waals surface area contributed by atoms with E-state index >= 15 is 0 Å². The SMILES string of the molecule is COc1ccc(-c2c(-c3ccc(C#N)cc3)nc(CC3CCCCC3)n(C)c2=O)cc1F. The molecule has 164 valence electrons. The third-order valence-electron chi connectivity index (χ3n) is 6.31. The first kappa shape index (κ1) is 21.8. The first-order valence-electron chi connectivity index (χ1n) is 11.0. The molecule has 0 spiro atoms. The van der Waals surface area contributed by atoms with Crippen LogP contribution in [0, 0.1) is 23.1 Å². The van der Waals surface area contributed by atoms with E-state index in [1.54, 1.807) is 41.9 Å². The Morgan fingerprint density at radius 3 is 2.44 bits per heavy atom. The predicted molar refractivity (Wildman–Crippen MR) is 122 cm³/mol. The summed E-state index contributed by atoms with van der Waals surface area (Å²) in [6.45, 7) is 0. The highest BCUT2D eigenvalue weighted by Gasteiger charge is 2.22. The number of nitrogens with zero attached hydrogens (tertiary/aromatic N) is 3. The Kier molecular flexibility index (Phi) is 6.36. The molecule has 2 aromatic carbocycles. The molecule has 0 radical (unpaired) electrons. The van der Waals surface area contributed by atoms with Crippen molar-refractivity contribution < 1.29 is 9.13 Å². The summed E-state index contributed by atoms with van der Waals surface area (Å²) in [5.74, 6) is 0.829. The molecule has 4 rings (SSSR count). The third kappa shape index (κ3) is 4.29. The van der Waals surface area contributed by atoms with E-state index in [2.05, 4.69) is 6.07 Å². The van der Waals surface area contributed by atoms with Crippen molar-refractivity contribution in [2.75, 3.05) is 7.11 Å². The van der Waals surface area contributed by atoms with Gasteiger partial charge in [0.05, 0.1) is 30.0 Å². The van der Waals surface area contributed by atoms with E-state index in [-0.39, 0.29) is 11.3 Å². The molecular weight excluding hydrogens is 405 g/mol. The molecule has 0 N–H and O–H groups in total. The van der Waals surface area contributed by atoms with Crippen LogP contribution >= 0.6 is 0 Å². The fourth-order valence-corrected chi connectivity index (χ4v) is 4.47. The van der Waals surface area contributed by atoms with Gasteiger partial charge in [0.2, 0.25) is 0 Å². The van der Waals surface area contributed by atoms with E-state index in [1.165, 1.54) is 38.5 Å². The summed E-state index contributed by atoms with van der Waals surface area (Å²) >= 11 is 0. The zero-order chi connectivity index (χ0) is 22.7. The number of halogens is 1. The Labute approximate surface area is 187 Å². The number of nitriles is 1. The molecule has 1 aromatic heterocycles. The molecule has 0 amide bonds. The van der Waals surface area contributed by atoms with E-state index in [1.807, 2.05) is 0 Å². The predicted octanol–water partition coefficient (Wildman–Crippen LogP) is 5.26. The number of rotatable bonds is 5. The first-order chi connectivity index (χ1) is 15.5. The van der Waals surface area contributed by atoms with Crippen LogP contribution in [0.25, 0.3) is 22.4 Å². The highest BCUT2D eigenvalue weighted by Crippen LogP contribution is 2.32. The van der Waals surface area contributed by atoms with Gasteiger partial charge in [-0.15, -0.1) is 0 Å². The van der Waals surface area contributed by atoms with Gasteiger partial charge in [-0.25, -0.2) is 9.37 Å². The number of methoxy groups -OCH3 is 1. The maximum atomic E-state index is 14.5. The molecule has 1 aliphatic rings. The second kappa shape index (κ2) is 9.35. The Bertz CT molecular complexity index is 1220. The molecule has 0 aliphatic heterocycles. The van der Waals surface area contributed by atoms with E-state index in [0.717, 1.165) is 30.7 Å². The van der Waals surface area contributed by atoms with Gasteiger partial charge in [0.1, 0.15) is 5.82 Å². The maximum Gasteiger partial charge on any atom is 0.261 e. The quantitative estimate of drug-likeness (QED) is 0.553. The molecule has 6 heteroatoms. The number of hydrogen-bond donors (Lipinski definition) is 0. The van der Waals surface area contributed by atoms with Gasteiger partial charge in [-0.05, 0) is 35.7 Å². The summed E-state index contributed by atoms with van der Waals surface area (Å²) < 4.78 is 21.1. The molecule has 0 bridgehead atoms. The monoisotopic (exact) mass is 431 g/mol. The summed E-state index contributed by atoms with van der Waals surface area (Å²) in [6, 6.07) is 13.6. The van der Waals surface area contributed by atoms with E-state index in [0.29, 0.717) is 28.3 Å². The lowest BCUT2D eigenvalue weighted by atomic mass is 9.86. The molecule has 1 saturated carbocycles. The molecular formula is C26H26FN3O2. The van der Waals surface area contributed by atoms with Crippen LogP contribution in [0.3, 0.4) is 0 Å². The molecule has 1 aliphatic carbocycles. The molecule has 1 heterocycles. The minimum Gasteiger partial charge on any atom is -0.494 e. The fourth-order valence-electron chi connectivity index (χ4n) is 4.47. The zero-order valence-electron chi connectivity index (χ0n) is 18.4. The van der Waals surface area contributed by atoms with E-state index in [9.17, 15) is 9.18 Å². The van der Waals surface area contributed by atoms with Crippen LogP contribution in [-0.4, -0.2) is 16.7 Å². The second-order valence-electron chi connectivity index (χ2n) is 8.36. The third-order valence-corrected chi connectivity index (χ3v) is 6.31. The second-order valence-corrected chi connectivity index (χ2v) is 8.36.